The van der Waals surface area contributed by atoms with Crippen molar-refractivity contribution in [3.05, 3.63) is 87.0 Å². The first-order chi connectivity index (χ1) is 13.4. The van der Waals surface area contributed by atoms with Crippen LogP contribution in [0.2, 0.25) is 0 Å². The number of ketones is 2. The molecule has 0 spiro atoms. The highest BCUT2D eigenvalue weighted by atomic mass is 16.6. The summed E-state index contributed by atoms with van der Waals surface area (Å²) >= 11 is 0. The van der Waals surface area contributed by atoms with Crippen molar-refractivity contribution in [3.8, 4) is 11.5 Å². The Bertz CT molecular complexity index is 1170. The number of phenols is 2. The normalized spacial score (nSPS) is 12.3. The van der Waals surface area contributed by atoms with Crippen LogP contribution in [-0.4, -0.2) is 26.7 Å². The van der Waals surface area contributed by atoms with Crippen LogP contribution in [0.5, 0.6) is 11.5 Å². The Morgan fingerprint density at radius 3 is 2.00 bits per heavy atom. The van der Waals surface area contributed by atoms with Gasteiger partial charge in [0.15, 0.2) is 17.3 Å². The summed E-state index contributed by atoms with van der Waals surface area (Å²) in [6.45, 7) is 0. The smallest absolute Gasteiger partial charge is 0.283 e. The molecule has 0 unspecified atom stereocenters. The highest BCUT2D eigenvalue weighted by Crippen LogP contribution is 2.39. The molecule has 28 heavy (non-hydrogen) atoms. The van der Waals surface area contributed by atoms with Crippen LogP contribution in [0.25, 0.3) is 0 Å². The number of para-hydroxylation sites is 1. The summed E-state index contributed by atoms with van der Waals surface area (Å²) < 4.78 is 0. The van der Waals surface area contributed by atoms with Gasteiger partial charge in [-0.15, -0.1) is 0 Å². The molecule has 0 saturated heterocycles. The van der Waals surface area contributed by atoms with E-state index in [1.807, 2.05) is 6.07 Å². The quantitative estimate of drug-likeness (QED) is 0.283. The molecule has 0 aliphatic heterocycles. The molecule has 1 aliphatic carbocycles. The average Bonchev–Trinajstić information content (AvgIpc) is 2.68. The van der Waals surface area contributed by atoms with Gasteiger partial charge in [0.05, 0.1) is 4.92 Å². The molecule has 4 rings (SSSR count). The summed E-state index contributed by atoms with van der Waals surface area (Å²) in [5, 5.41) is 33.9. The summed E-state index contributed by atoms with van der Waals surface area (Å²) in [5.74, 6) is -2.57. The van der Waals surface area contributed by atoms with Crippen molar-refractivity contribution in [2.45, 2.75) is 0 Å². The lowest BCUT2D eigenvalue weighted by Crippen LogP contribution is -2.22. The Morgan fingerprint density at radius 2 is 1.39 bits per heavy atom. The van der Waals surface area contributed by atoms with E-state index in [2.05, 4.69) is 5.32 Å². The molecule has 0 bridgehead atoms. The van der Waals surface area contributed by atoms with Gasteiger partial charge >= 0.3 is 0 Å². The Labute approximate surface area is 157 Å². The minimum absolute atomic E-state index is 0.126. The van der Waals surface area contributed by atoms with Crippen molar-refractivity contribution in [1.29, 1.82) is 0 Å². The van der Waals surface area contributed by atoms with Crippen molar-refractivity contribution in [2.75, 3.05) is 5.32 Å². The third-order valence-electron chi connectivity index (χ3n) is 4.45. The van der Waals surface area contributed by atoms with Crippen LogP contribution < -0.4 is 5.32 Å². The molecule has 8 heteroatoms. The zero-order valence-corrected chi connectivity index (χ0v) is 14.2. The van der Waals surface area contributed by atoms with Gasteiger partial charge in [-0.3, -0.25) is 19.7 Å². The standard InChI is InChI=1S/C20H12N2O6/c23-16-8-12-13(9-17(16)24)20(26)18-14(19(12)25)6-11(7-15(18)22(27)28)21-10-4-2-1-3-5-10/h1-9,21,23-24H. The third-order valence-corrected chi connectivity index (χ3v) is 4.45. The number of aromatic hydroxyl groups is 2. The molecule has 0 fully saturated rings. The predicted molar refractivity (Wildman–Crippen MR) is 99.5 cm³/mol. The summed E-state index contributed by atoms with van der Waals surface area (Å²) in [6.07, 6.45) is 0. The van der Waals surface area contributed by atoms with E-state index in [1.54, 1.807) is 24.3 Å². The second kappa shape index (κ2) is 6.20. The largest absolute Gasteiger partial charge is 0.504 e. The van der Waals surface area contributed by atoms with Crippen LogP contribution in [0.1, 0.15) is 31.8 Å². The van der Waals surface area contributed by atoms with Crippen LogP contribution in [-0.2, 0) is 0 Å². The zero-order valence-electron chi connectivity index (χ0n) is 14.2. The molecule has 0 radical (unpaired) electrons. The van der Waals surface area contributed by atoms with Crippen molar-refractivity contribution >= 4 is 28.6 Å². The fourth-order valence-electron chi connectivity index (χ4n) is 3.18. The number of nitro groups is 1. The van der Waals surface area contributed by atoms with E-state index in [4.69, 9.17) is 0 Å². The maximum absolute atomic E-state index is 12.9. The molecule has 0 heterocycles. The second-order valence-electron chi connectivity index (χ2n) is 6.21. The van der Waals surface area contributed by atoms with E-state index >= 15 is 0 Å². The van der Waals surface area contributed by atoms with Gasteiger partial charge in [-0.1, -0.05) is 18.2 Å². The van der Waals surface area contributed by atoms with Crippen molar-refractivity contribution in [1.82, 2.24) is 0 Å². The molecule has 3 aromatic carbocycles. The number of hydrogen-bond donors (Lipinski definition) is 3. The van der Waals surface area contributed by atoms with Gasteiger partial charge in [0, 0.05) is 34.1 Å². The number of hydrogen-bond acceptors (Lipinski definition) is 7. The van der Waals surface area contributed by atoms with Gasteiger partial charge in [0.2, 0.25) is 5.78 Å². The lowest BCUT2D eigenvalue weighted by molar-refractivity contribution is -0.385. The van der Waals surface area contributed by atoms with E-state index < -0.39 is 33.7 Å². The molecule has 3 N–H and O–H groups in total. The first-order valence-corrected chi connectivity index (χ1v) is 8.16. The lowest BCUT2D eigenvalue weighted by atomic mass is 9.82. The van der Waals surface area contributed by atoms with Crippen LogP contribution in [0.4, 0.5) is 17.1 Å². The maximum atomic E-state index is 12.9. The number of rotatable bonds is 3. The summed E-state index contributed by atoms with van der Waals surface area (Å²) in [5.41, 5.74) is -0.411. The van der Waals surface area contributed by atoms with Gasteiger partial charge in [-0.2, -0.15) is 0 Å². The summed E-state index contributed by atoms with van der Waals surface area (Å²) in [6, 6.07) is 13.3. The number of fused-ring (bicyclic) bond motifs is 2. The molecule has 1 aliphatic rings. The molecular weight excluding hydrogens is 364 g/mol. The number of carbonyl (C=O) groups is 2. The van der Waals surface area contributed by atoms with Crippen LogP contribution >= 0.6 is 0 Å². The van der Waals surface area contributed by atoms with Crippen LogP contribution in [0.15, 0.2) is 54.6 Å². The lowest BCUT2D eigenvalue weighted by Gasteiger charge is -2.19. The third kappa shape index (κ3) is 2.64. The Hall–Kier alpha value is -4.20. The molecule has 3 aromatic rings. The highest BCUT2D eigenvalue weighted by molar-refractivity contribution is 6.30. The minimum atomic E-state index is -0.766. The molecule has 0 aromatic heterocycles. The van der Waals surface area contributed by atoms with Crippen molar-refractivity contribution in [3.63, 3.8) is 0 Å². The summed E-state index contributed by atoms with van der Waals surface area (Å²) in [4.78, 5) is 36.6. The van der Waals surface area contributed by atoms with E-state index in [-0.39, 0.29) is 27.9 Å². The average molecular weight is 376 g/mol. The number of nitrogens with one attached hydrogen (secondary N) is 1. The van der Waals surface area contributed by atoms with E-state index in [0.29, 0.717) is 5.69 Å². The van der Waals surface area contributed by atoms with E-state index in [9.17, 15) is 29.9 Å². The van der Waals surface area contributed by atoms with Crippen LogP contribution in [0.3, 0.4) is 0 Å². The number of nitro benzene ring substituents is 1. The van der Waals surface area contributed by atoms with Gasteiger partial charge < -0.3 is 15.5 Å². The van der Waals surface area contributed by atoms with E-state index in [0.717, 1.165) is 12.1 Å². The summed E-state index contributed by atoms with van der Waals surface area (Å²) in [7, 11) is 0. The first-order valence-electron chi connectivity index (χ1n) is 8.16. The minimum Gasteiger partial charge on any atom is -0.504 e. The molecule has 8 nitrogen and oxygen atoms in total. The fraction of sp³-hybridized carbons (Fsp3) is 0. The number of phenolic OH excluding ortho intramolecular Hbond substituents is 2. The first kappa shape index (κ1) is 17.2. The zero-order chi connectivity index (χ0) is 20.0. The fourth-order valence-corrected chi connectivity index (χ4v) is 3.18. The number of nitrogens with zero attached hydrogens (tertiary/aromatic N) is 1. The van der Waals surface area contributed by atoms with Gasteiger partial charge in [0.25, 0.3) is 5.69 Å². The monoisotopic (exact) mass is 376 g/mol. The molecule has 0 amide bonds. The second-order valence-corrected chi connectivity index (χ2v) is 6.21. The Balaban J connectivity index is 1.92. The van der Waals surface area contributed by atoms with Crippen molar-refractivity contribution in [2.24, 2.45) is 0 Å². The van der Waals surface area contributed by atoms with Gasteiger partial charge in [-0.25, -0.2) is 0 Å². The predicted octanol–water partition coefficient (Wildman–Crippen LogP) is 3.53. The molecular formula is C20H12N2O6. The molecule has 0 atom stereocenters. The van der Waals surface area contributed by atoms with Gasteiger partial charge in [0.1, 0.15) is 5.56 Å². The topological polar surface area (TPSA) is 130 Å². The van der Waals surface area contributed by atoms with E-state index in [1.165, 1.54) is 12.1 Å². The number of anilines is 2. The number of carbonyl (C=O) groups excluding carboxylic acids is 2. The Morgan fingerprint density at radius 1 is 0.786 bits per heavy atom. The highest BCUT2D eigenvalue weighted by Gasteiger charge is 2.37. The van der Waals surface area contributed by atoms with Crippen molar-refractivity contribution < 1.29 is 24.7 Å². The Kier molecular flexibility index (Phi) is 3.82. The molecule has 0 saturated carbocycles. The maximum Gasteiger partial charge on any atom is 0.283 e. The van der Waals surface area contributed by atoms with Crippen LogP contribution in [0, 0.1) is 10.1 Å². The molecule has 138 valence electrons. The number of benzene rings is 3. The SMILES string of the molecule is O=C1c2cc(O)c(O)cc2C(=O)c2c1cc(Nc1ccccc1)cc2[N+](=O)[O-]. The van der Waals surface area contributed by atoms with Gasteiger partial charge in [-0.05, 0) is 30.3 Å².